The molecule has 7 rings (SSSR count). The van der Waals surface area contributed by atoms with E-state index in [0.717, 1.165) is 39.4 Å². The molecule has 0 unspecified atom stereocenters. The summed E-state index contributed by atoms with van der Waals surface area (Å²) in [5.41, 5.74) is 22.2. The Morgan fingerprint density at radius 1 is 0.523 bits per heavy atom. The van der Waals surface area contributed by atoms with Crippen molar-refractivity contribution in [3.63, 3.8) is 0 Å². The quantitative estimate of drug-likeness (QED) is 0.0261. The highest BCUT2D eigenvalue weighted by molar-refractivity contribution is 5.82. The Labute approximate surface area is 378 Å². The van der Waals surface area contributed by atoms with Crippen LogP contribution in [0.25, 0.3) is 31.7 Å². The van der Waals surface area contributed by atoms with Crippen LogP contribution in [0.15, 0.2) is 144 Å². The average molecular weight is 889 g/mol. The van der Waals surface area contributed by atoms with Gasteiger partial charge in [-0.15, -0.1) is 0 Å². The SMILES string of the molecule is [N-]=[N+]=NCCCCCO[C@@H]1O[C@H](COCc2ccccc2)[C@@H](O[C@@H]2O[C@H](COCc3ccc4ccccc4c3)[C@H](O)[C@H](O)[C@H]2OCc2ccccc2)[C@H](OCc2ccccc2)[C@H]1N=[N+]=[N-]. The summed E-state index contributed by atoms with van der Waals surface area (Å²) >= 11 is 0. The van der Waals surface area contributed by atoms with Gasteiger partial charge in [0.1, 0.15) is 48.8 Å². The van der Waals surface area contributed by atoms with Crippen LogP contribution in [0.5, 0.6) is 0 Å². The van der Waals surface area contributed by atoms with E-state index in [1.807, 2.05) is 133 Å². The monoisotopic (exact) mass is 888 g/mol. The second kappa shape index (κ2) is 25.3. The number of fused-ring (bicyclic) bond motifs is 1. The van der Waals surface area contributed by atoms with Gasteiger partial charge in [-0.3, -0.25) is 0 Å². The molecule has 16 heteroatoms. The van der Waals surface area contributed by atoms with Gasteiger partial charge in [0.05, 0.1) is 39.6 Å². The maximum absolute atomic E-state index is 11.9. The first kappa shape index (κ1) is 47.5. The molecule has 2 aliphatic heterocycles. The molecule has 0 spiro atoms. The van der Waals surface area contributed by atoms with Crippen molar-refractivity contribution in [3.05, 3.63) is 177 Å². The third-order valence-electron chi connectivity index (χ3n) is 11.3. The van der Waals surface area contributed by atoms with Crippen molar-refractivity contribution < 1.29 is 48.1 Å². The first-order valence-corrected chi connectivity index (χ1v) is 22.0. The summed E-state index contributed by atoms with van der Waals surface area (Å²) in [6, 6.07) is 41.7. The average Bonchev–Trinajstić information content (AvgIpc) is 3.34. The minimum atomic E-state index is -1.48. The van der Waals surface area contributed by atoms with Crippen molar-refractivity contribution in [3.8, 4) is 0 Å². The van der Waals surface area contributed by atoms with Crippen LogP contribution in [0.4, 0.5) is 0 Å². The molecular weight excluding hydrogens is 833 g/mol. The maximum atomic E-state index is 11.9. The Balaban J connectivity index is 1.17. The third-order valence-corrected chi connectivity index (χ3v) is 11.3. The van der Waals surface area contributed by atoms with Gasteiger partial charge in [-0.05, 0) is 63.0 Å². The predicted molar refractivity (Wildman–Crippen MR) is 241 cm³/mol. The zero-order chi connectivity index (χ0) is 45.1. The number of hydrogen-bond donors (Lipinski definition) is 2. The van der Waals surface area contributed by atoms with Crippen LogP contribution in [0.1, 0.15) is 41.5 Å². The van der Waals surface area contributed by atoms with Crippen molar-refractivity contribution in [1.29, 1.82) is 0 Å². The largest absolute Gasteiger partial charge is 0.387 e. The van der Waals surface area contributed by atoms with E-state index in [1.54, 1.807) is 0 Å². The first-order valence-electron chi connectivity index (χ1n) is 22.0. The number of azide groups is 2. The lowest BCUT2D eigenvalue weighted by molar-refractivity contribution is -0.357. The molecule has 2 aliphatic rings. The van der Waals surface area contributed by atoms with Gasteiger partial charge in [0, 0.05) is 23.0 Å². The van der Waals surface area contributed by atoms with E-state index in [0.29, 0.717) is 19.4 Å². The van der Waals surface area contributed by atoms with E-state index in [1.165, 1.54) is 0 Å². The molecule has 0 bridgehead atoms. The lowest BCUT2D eigenvalue weighted by Gasteiger charge is -2.48. The molecule has 342 valence electrons. The zero-order valence-electron chi connectivity index (χ0n) is 36.1. The molecule has 5 aromatic carbocycles. The summed E-state index contributed by atoms with van der Waals surface area (Å²) in [5.74, 6) is 0. The van der Waals surface area contributed by atoms with Crippen LogP contribution in [0, 0.1) is 0 Å². The van der Waals surface area contributed by atoms with Gasteiger partial charge in [-0.1, -0.05) is 144 Å². The molecule has 0 radical (unpaired) electrons. The van der Waals surface area contributed by atoms with Gasteiger partial charge in [-0.25, -0.2) is 0 Å². The van der Waals surface area contributed by atoms with Crippen molar-refractivity contribution in [2.24, 2.45) is 10.2 Å². The van der Waals surface area contributed by atoms with E-state index in [4.69, 9.17) is 43.4 Å². The third kappa shape index (κ3) is 13.8. The Bertz CT molecular complexity index is 2270. The molecule has 0 saturated carbocycles. The Kier molecular flexibility index (Phi) is 18.5. The lowest BCUT2D eigenvalue weighted by Crippen LogP contribution is -2.65. The van der Waals surface area contributed by atoms with Gasteiger partial charge in [0.2, 0.25) is 0 Å². The minimum Gasteiger partial charge on any atom is -0.387 e. The van der Waals surface area contributed by atoms with Crippen molar-refractivity contribution in [1.82, 2.24) is 0 Å². The summed E-state index contributed by atoms with van der Waals surface area (Å²) in [5, 5.41) is 33.4. The molecule has 10 atom stereocenters. The molecule has 0 aliphatic carbocycles. The molecular formula is C49H56N6O10. The molecule has 0 amide bonds. The first-order chi connectivity index (χ1) is 32.0. The molecule has 16 nitrogen and oxygen atoms in total. The van der Waals surface area contributed by atoms with Gasteiger partial charge in [0.15, 0.2) is 12.6 Å². The summed E-state index contributed by atoms with van der Waals surface area (Å²) in [6.07, 6.45) is -8.48. The zero-order valence-corrected chi connectivity index (χ0v) is 36.1. The van der Waals surface area contributed by atoms with Gasteiger partial charge >= 0.3 is 0 Å². The Hall–Kier alpha value is -5.42. The number of ether oxygens (including phenoxy) is 8. The Morgan fingerprint density at radius 2 is 1.11 bits per heavy atom. The van der Waals surface area contributed by atoms with Crippen LogP contribution >= 0.6 is 0 Å². The van der Waals surface area contributed by atoms with Crippen LogP contribution in [-0.4, -0.2) is 97.9 Å². The van der Waals surface area contributed by atoms with Crippen LogP contribution in [-0.2, 0) is 64.3 Å². The lowest BCUT2D eigenvalue weighted by atomic mass is 9.95. The van der Waals surface area contributed by atoms with E-state index in [-0.39, 0.29) is 46.2 Å². The topological polar surface area (TPSA) is 212 Å². The highest BCUT2D eigenvalue weighted by atomic mass is 16.7. The molecule has 0 aromatic heterocycles. The Morgan fingerprint density at radius 3 is 1.77 bits per heavy atom. The molecule has 2 fully saturated rings. The number of aliphatic hydroxyl groups excluding tert-OH is 2. The number of aliphatic hydroxyl groups is 2. The van der Waals surface area contributed by atoms with E-state index in [2.05, 4.69) is 20.1 Å². The molecule has 2 N–H and O–H groups in total. The second-order valence-corrected chi connectivity index (χ2v) is 16.0. The molecule has 5 aromatic rings. The molecule has 2 saturated heterocycles. The van der Waals surface area contributed by atoms with Crippen molar-refractivity contribution in [2.75, 3.05) is 26.4 Å². The molecule has 65 heavy (non-hydrogen) atoms. The predicted octanol–water partition coefficient (Wildman–Crippen LogP) is 8.48. The normalized spacial score (nSPS) is 25.4. The standard InChI is InChI=1S/C49H56N6O10/c50-54-52-25-13-4-14-26-60-48-42(53-55-51)46(61-30-35-17-7-2-8-18-35)45(41(64-48)33-58-28-34-15-5-1-6-16-34)65-49-47(62-31-36-19-9-3-10-20-36)44(57)43(56)40(63-49)32-59-29-37-23-24-38-21-11-12-22-39(38)27-37/h1-3,5-12,15-24,27,40-49,56-57H,4,13-14,25-26,28-33H2/t40-,41-,42-,43+,44+,45-,46-,47-,48-,49+/m1/s1. The van der Waals surface area contributed by atoms with Gasteiger partial charge in [0.25, 0.3) is 0 Å². The highest BCUT2D eigenvalue weighted by Crippen LogP contribution is 2.35. The number of nitrogens with zero attached hydrogens (tertiary/aromatic N) is 6. The van der Waals surface area contributed by atoms with Gasteiger partial charge in [-0.2, -0.15) is 0 Å². The van der Waals surface area contributed by atoms with E-state index in [9.17, 15) is 15.7 Å². The fourth-order valence-corrected chi connectivity index (χ4v) is 7.91. The van der Waals surface area contributed by atoms with Crippen LogP contribution in [0.3, 0.4) is 0 Å². The fraction of sp³-hybridized carbons (Fsp3) is 0.429. The van der Waals surface area contributed by atoms with Crippen molar-refractivity contribution in [2.45, 2.75) is 107 Å². The maximum Gasteiger partial charge on any atom is 0.187 e. The smallest absolute Gasteiger partial charge is 0.187 e. The van der Waals surface area contributed by atoms with Gasteiger partial charge < -0.3 is 48.1 Å². The van der Waals surface area contributed by atoms with Crippen molar-refractivity contribution >= 4 is 10.8 Å². The van der Waals surface area contributed by atoms with E-state index >= 15 is 0 Å². The van der Waals surface area contributed by atoms with Crippen LogP contribution < -0.4 is 0 Å². The van der Waals surface area contributed by atoms with Crippen LogP contribution in [0.2, 0.25) is 0 Å². The highest BCUT2D eigenvalue weighted by Gasteiger charge is 2.53. The summed E-state index contributed by atoms with van der Waals surface area (Å²) in [4.78, 5) is 6.01. The number of unbranched alkanes of at least 4 members (excludes halogenated alkanes) is 2. The number of rotatable bonds is 24. The summed E-state index contributed by atoms with van der Waals surface area (Å²) < 4.78 is 51.9. The second-order valence-electron chi connectivity index (χ2n) is 16.0. The van der Waals surface area contributed by atoms with E-state index < -0.39 is 61.3 Å². The number of hydrogen-bond acceptors (Lipinski definition) is 12. The fourth-order valence-electron chi connectivity index (χ4n) is 7.91. The molecule has 2 heterocycles. The minimum absolute atomic E-state index is 0.00843. The number of benzene rings is 5. The summed E-state index contributed by atoms with van der Waals surface area (Å²) in [7, 11) is 0. The summed E-state index contributed by atoms with van der Waals surface area (Å²) in [6.45, 7) is 1.18.